The van der Waals surface area contributed by atoms with E-state index in [9.17, 15) is 14.0 Å². The Labute approximate surface area is 175 Å². The zero-order valence-electron chi connectivity index (χ0n) is 17.3. The van der Waals surface area contributed by atoms with Gasteiger partial charge in [0.05, 0.1) is 25.3 Å². The number of carbonyl (C=O) groups excluding carboxylic acids is 1. The molecule has 2 fully saturated rings. The standard InChI is InChI=1S/C22H27FN4O3/c1-15-7-8-27(17-5-3-16(23)4-6-17)22(29)20(15)21(28)24-18-13-30-14-19(18)26-11-9-25(2)10-12-26/h3-8,18-19H,9-14H2,1-2H3,(H,24,28)/t18-,19-/m0/s1. The van der Waals surface area contributed by atoms with Gasteiger partial charge in [-0.05, 0) is 49.9 Å². The second kappa shape index (κ2) is 8.67. The van der Waals surface area contributed by atoms with E-state index in [1.807, 2.05) is 0 Å². The minimum absolute atomic E-state index is 0.103. The molecular formula is C22H27FN4O3. The van der Waals surface area contributed by atoms with Gasteiger partial charge in [-0.2, -0.15) is 0 Å². The van der Waals surface area contributed by atoms with Gasteiger partial charge in [0.2, 0.25) is 0 Å². The van der Waals surface area contributed by atoms with Crippen molar-refractivity contribution in [1.29, 1.82) is 0 Å². The quantitative estimate of drug-likeness (QED) is 0.810. The molecule has 30 heavy (non-hydrogen) atoms. The lowest BCUT2D eigenvalue weighted by Crippen LogP contribution is -2.56. The summed E-state index contributed by atoms with van der Waals surface area (Å²) in [7, 11) is 2.10. The fraction of sp³-hybridized carbons (Fsp3) is 0.455. The minimum atomic E-state index is -0.422. The van der Waals surface area contributed by atoms with E-state index in [0.717, 1.165) is 26.2 Å². The van der Waals surface area contributed by atoms with Crippen molar-refractivity contribution in [3.05, 3.63) is 63.8 Å². The van der Waals surface area contributed by atoms with Crippen LogP contribution in [0.2, 0.25) is 0 Å². The topological polar surface area (TPSA) is 66.8 Å². The number of ether oxygens (including phenoxy) is 1. The van der Waals surface area contributed by atoms with Crippen molar-refractivity contribution in [3.63, 3.8) is 0 Å². The van der Waals surface area contributed by atoms with E-state index in [2.05, 4.69) is 22.2 Å². The lowest BCUT2D eigenvalue weighted by Gasteiger charge is -2.38. The number of hydrogen-bond donors (Lipinski definition) is 1. The van der Waals surface area contributed by atoms with Gasteiger partial charge in [0.1, 0.15) is 11.4 Å². The Kier molecular flexibility index (Phi) is 5.99. The van der Waals surface area contributed by atoms with Crippen LogP contribution in [-0.2, 0) is 4.74 Å². The van der Waals surface area contributed by atoms with E-state index in [1.54, 1.807) is 19.2 Å². The van der Waals surface area contributed by atoms with Crippen molar-refractivity contribution in [2.45, 2.75) is 19.0 Å². The predicted molar refractivity (Wildman–Crippen MR) is 112 cm³/mol. The van der Waals surface area contributed by atoms with Gasteiger partial charge in [0.25, 0.3) is 11.5 Å². The van der Waals surface area contributed by atoms with Crippen LogP contribution in [0.5, 0.6) is 0 Å². The van der Waals surface area contributed by atoms with E-state index in [1.165, 1.54) is 28.8 Å². The number of rotatable bonds is 4. The Morgan fingerprint density at radius 2 is 1.80 bits per heavy atom. The Morgan fingerprint density at radius 3 is 2.50 bits per heavy atom. The summed E-state index contributed by atoms with van der Waals surface area (Å²) in [5.74, 6) is -0.781. The average Bonchev–Trinajstić information content (AvgIpc) is 3.17. The van der Waals surface area contributed by atoms with Crippen LogP contribution in [0.3, 0.4) is 0 Å². The van der Waals surface area contributed by atoms with Crippen LogP contribution in [0.25, 0.3) is 5.69 Å². The van der Waals surface area contributed by atoms with Crippen molar-refractivity contribution >= 4 is 5.91 Å². The summed E-state index contributed by atoms with van der Waals surface area (Å²) in [6.07, 6.45) is 1.60. The molecule has 1 N–H and O–H groups in total. The number of benzene rings is 1. The van der Waals surface area contributed by atoms with Gasteiger partial charge in [-0.25, -0.2) is 4.39 Å². The molecule has 2 aromatic rings. The molecule has 7 nitrogen and oxygen atoms in total. The molecule has 4 rings (SSSR count). The van der Waals surface area contributed by atoms with Crippen molar-refractivity contribution < 1.29 is 13.9 Å². The smallest absolute Gasteiger partial charge is 0.268 e. The first-order chi connectivity index (χ1) is 14.4. The van der Waals surface area contributed by atoms with Crippen molar-refractivity contribution in [3.8, 4) is 5.69 Å². The highest BCUT2D eigenvalue weighted by atomic mass is 19.1. The van der Waals surface area contributed by atoms with E-state index in [-0.39, 0.29) is 23.5 Å². The van der Waals surface area contributed by atoms with Gasteiger partial charge in [-0.1, -0.05) is 0 Å². The highest BCUT2D eigenvalue weighted by molar-refractivity contribution is 5.95. The lowest BCUT2D eigenvalue weighted by molar-refractivity contribution is 0.0827. The molecule has 0 unspecified atom stereocenters. The van der Waals surface area contributed by atoms with Crippen LogP contribution in [0.1, 0.15) is 15.9 Å². The number of amides is 1. The molecule has 0 bridgehead atoms. The van der Waals surface area contributed by atoms with Crippen LogP contribution in [-0.4, -0.2) is 78.8 Å². The number of aromatic nitrogens is 1. The molecule has 3 heterocycles. The van der Waals surface area contributed by atoms with Crippen molar-refractivity contribution in [1.82, 2.24) is 19.7 Å². The van der Waals surface area contributed by atoms with Crippen LogP contribution in [0.4, 0.5) is 4.39 Å². The number of likely N-dealkylation sites (N-methyl/N-ethyl adjacent to an activating group) is 1. The third-order valence-corrected chi connectivity index (χ3v) is 6.01. The first-order valence-electron chi connectivity index (χ1n) is 10.2. The molecule has 0 saturated carbocycles. The SMILES string of the molecule is Cc1ccn(-c2ccc(F)cc2)c(=O)c1C(=O)N[C@H]1COC[C@@H]1N1CCN(C)CC1. The fourth-order valence-corrected chi connectivity index (χ4v) is 4.14. The van der Waals surface area contributed by atoms with Gasteiger partial charge in [-0.15, -0.1) is 0 Å². The monoisotopic (exact) mass is 414 g/mol. The molecule has 0 aliphatic carbocycles. The molecule has 2 saturated heterocycles. The predicted octanol–water partition coefficient (Wildman–Crippen LogP) is 1.03. The summed E-state index contributed by atoms with van der Waals surface area (Å²) in [5, 5.41) is 3.03. The first kappa shape index (κ1) is 20.7. The van der Waals surface area contributed by atoms with E-state index in [0.29, 0.717) is 24.5 Å². The second-order valence-corrected chi connectivity index (χ2v) is 8.05. The summed E-state index contributed by atoms with van der Waals surface area (Å²) >= 11 is 0. The van der Waals surface area contributed by atoms with Crippen LogP contribution < -0.4 is 10.9 Å². The number of pyridine rings is 1. The molecule has 1 amide bonds. The first-order valence-corrected chi connectivity index (χ1v) is 10.2. The number of hydrogen-bond acceptors (Lipinski definition) is 5. The van der Waals surface area contributed by atoms with Crippen LogP contribution in [0, 0.1) is 12.7 Å². The highest BCUT2D eigenvalue weighted by Crippen LogP contribution is 2.17. The van der Waals surface area contributed by atoms with E-state index in [4.69, 9.17) is 4.74 Å². The zero-order chi connectivity index (χ0) is 21.3. The third-order valence-electron chi connectivity index (χ3n) is 6.01. The molecule has 2 aliphatic rings. The Hall–Kier alpha value is -2.55. The minimum Gasteiger partial charge on any atom is -0.378 e. The van der Waals surface area contributed by atoms with Crippen molar-refractivity contribution in [2.24, 2.45) is 0 Å². The molecule has 1 aromatic carbocycles. The summed E-state index contributed by atoms with van der Waals surface area (Å²) in [5.41, 5.74) is 0.793. The van der Waals surface area contributed by atoms with Gasteiger partial charge < -0.3 is 15.0 Å². The number of carbonyl (C=O) groups is 1. The molecule has 160 valence electrons. The maximum Gasteiger partial charge on any atom is 0.268 e. The highest BCUT2D eigenvalue weighted by Gasteiger charge is 2.36. The summed E-state index contributed by atoms with van der Waals surface area (Å²) in [6.45, 7) is 6.57. The maximum atomic E-state index is 13.2. The van der Waals surface area contributed by atoms with Crippen LogP contribution in [0.15, 0.2) is 41.3 Å². The maximum absolute atomic E-state index is 13.2. The molecule has 0 radical (unpaired) electrons. The number of halogens is 1. The van der Waals surface area contributed by atoms with Gasteiger partial charge >= 0.3 is 0 Å². The fourth-order valence-electron chi connectivity index (χ4n) is 4.14. The molecule has 2 atom stereocenters. The van der Waals surface area contributed by atoms with Gasteiger partial charge in [0.15, 0.2) is 0 Å². The zero-order valence-corrected chi connectivity index (χ0v) is 17.3. The molecule has 0 spiro atoms. The summed E-state index contributed by atoms with van der Waals surface area (Å²) in [6, 6.07) is 7.27. The average molecular weight is 414 g/mol. The summed E-state index contributed by atoms with van der Waals surface area (Å²) < 4.78 is 20.3. The lowest BCUT2D eigenvalue weighted by atomic mass is 10.1. The number of nitrogens with zero attached hydrogens (tertiary/aromatic N) is 3. The number of aryl methyl sites for hydroxylation is 1. The van der Waals surface area contributed by atoms with Crippen LogP contribution >= 0.6 is 0 Å². The molecule has 2 aliphatic heterocycles. The molecule has 8 heteroatoms. The van der Waals surface area contributed by atoms with Gasteiger partial charge in [-0.3, -0.25) is 19.1 Å². The van der Waals surface area contributed by atoms with E-state index >= 15 is 0 Å². The van der Waals surface area contributed by atoms with Crippen molar-refractivity contribution in [2.75, 3.05) is 46.4 Å². The normalized spacial score (nSPS) is 22.9. The largest absolute Gasteiger partial charge is 0.378 e. The number of nitrogens with one attached hydrogen (secondary N) is 1. The van der Waals surface area contributed by atoms with Gasteiger partial charge in [0, 0.05) is 38.1 Å². The third kappa shape index (κ3) is 4.16. The Balaban J connectivity index is 1.55. The Morgan fingerprint density at radius 1 is 1.10 bits per heavy atom. The Bertz CT molecular complexity index is 967. The van der Waals surface area contributed by atoms with E-state index < -0.39 is 11.5 Å². The second-order valence-electron chi connectivity index (χ2n) is 8.05. The summed E-state index contributed by atoms with van der Waals surface area (Å²) in [4.78, 5) is 30.8. The molecular weight excluding hydrogens is 387 g/mol. The molecule has 1 aromatic heterocycles. The number of piperazine rings is 1.